The topological polar surface area (TPSA) is 65.6 Å². The maximum atomic E-state index is 13.3. The SMILES string of the molecule is Cc1c2c(nn1C(F)F)c(=O)n(-c1cccnc1)c1nc(C(F)(F)F)ccc21. The summed E-state index contributed by atoms with van der Waals surface area (Å²) in [6, 6.07) is 4.76. The standard InChI is InChI=1S/C17H10F5N5O/c1-8-12-10-4-5-11(17(20,21)22)24-14(10)26(9-3-2-6-23-7-9)15(28)13(12)25-27(8)16(18)19/h2-7,16H,1H3. The van der Waals surface area contributed by atoms with Crippen LogP contribution in [0.2, 0.25) is 0 Å². The smallest absolute Gasteiger partial charge is 0.266 e. The Bertz CT molecular complexity index is 1260. The Labute approximate surface area is 152 Å². The van der Waals surface area contributed by atoms with Gasteiger partial charge in [0.2, 0.25) is 0 Å². The van der Waals surface area contributed by atoms with Gasteiger partial charge in [0, 0.05) is 17.0 Å². The van der Waals surface area contributed by atoms with Crippen LogP contribution in [0.5, 0.6) is 0 Å². The molecule has 0 aromatic carbocycles. The molecule has 0 saturated heterocycles. The summed E-state index contributed by atoms with van der Waals surface area (Å²) in [6.45, 7) is -1.71. The van der Waals surface area contributed by atoms with Gasteiger partial charge in [0.05, 0.1) is 17.6 Å². The van der Waals surface area contributed by atoms with E-state index in [1.165, 1.54) is 31.5 Å². The number of halogens is 5. The molecule has 4 aromatic rings. The zero-order valence-corrected chi connectivity index (χ0v) is 14.1. The number of aromatic nitrogens is 5. The molecule has 0 aliphatic rings. The highest BCUT2D eigenvalue weighted by Gasteiger charge is 2.33. The zero-order chi connectivity index (χ0) is 20.2. The molecule has 0 amide bonds. The van der Waals surface area contributed by atoms with E-state index in [-0.39, 0.29) is 33.3 Å². The Balaban J connectivity index is 2.24. The number of hydrogen-bond donors (Lipinski definition) is 0. The van der Waals surface area contributed by atoms with Crippen molar-refractivity contribution in [1.29, 1.82) is 0 Å². The normalized spacial score (nSPS) is 12.4. The fourth-order valence-corrected chi connectivity index (χ4v) is 3.08. The van der Waals surface area contributed by atoms with Gasteiger partial charge in [0.15, 0.2) is 5.52 Å². The predicted molar refractivity (Wildman–Crippen MR) is 89.4 cm³/mol. The monoisotopic (exact) mass is 395 g/mol. The lowest BCUT2D eigenvalue weighted by Gasteiger charge is -2.12. The summed E-state index contributed by atoms with van der Waals surface area (Å²) in [6.07, 6.45) is -2.08. The van der Waals surface area contributed by atoms with Gasteiger partial charge in [-0.05, 0) is 31.2 Å². The molecule has 0 bridgehead atoms. The Morgan fingerprint density at radius 3 is 2.50 bits per heavy atom. The molecule has 0 fully saturated rings. The van der Waals surface area contributed by atoms with Crippen LogP contribution in [-0.2, 0) is 6.18 Å². The Kier molecular flexibility index (Phi) is 3.91. The number of pyridine rings is 3. The van der Waals surface area contributed by atoms with Crippen LogP contribution in [-0.4, -0.2) is 24.3 Å². The summed E-state index contributed by atoms with van der Waals surface area (Å²) in [4.78, 5) is 20.5. The minimum atomic E-state index is -4.75. The van der Waals surface area contributed by atoms with Crippen LogP contribution in [0.4, 0.5) is 22.0 Å². The Hall–Kier alpha value is -3.37. The van der Waals surface area contributed by atoms with E-state index >= 15 is 0 Å². The molecule has 144 valence electrons. The van der Waals surface area contributed by atoms with Crippen molar-refractivity contribution in [3.63, 3.8) is 0 Å². The van der Waals surface area contributed by atoms with E-state index in [9.17, 15) is 26.7 Å². The van der Waals surface area contributed by atoms with Crippen molar-refractivity contribution in [3.8, 4) is 5.69 Å². The lowest BCUT2D eigenvalue weighted by Crippen LogP contribution is -2.21. The van der Waals surface area contributed by atoms with E-state index in [2.05, 4.69) is 15.1 Å². The summed E-state index contributed by atoms with van der Waals surface area (Å²) in [5.74, 6) is 0. The molecule has 6 nitrogen and oxygen atoms in total. The zero-order valence-electron chi connectivity index (χ0n) is 14.1. The first kappa shape index (κ1) is 18.0. The van der Waals surface area contributed by atoms with Gasteiger partial charge in [0.1, 0.15) is 11.3 Å². The molecule has 0 saturated carbocycles. The second kappa shape index (κ2) is 6.08. The molecule has 0 unspecified atom stereocenters. The predicted octanol–water partition coefficient (Wildman–Crippen LogP) is 3.85. The average Bonchev–Trinajstić information content (AvgIpc) is 3.00. The lowest BCUT2D eigenvalue weighted by atomic mass is 10.1. The first-order chi connectivity index (χ1) is 13.2. The molecule has 4 aromatic heterocycles. The van der Waals surface area contributed by atoms with E-state index < -0.39 is 24.0 Å². The molecule has 0 atom stereocenters. The van der Waals surface area contributed by atoms with Gasteiger partial charge in [-0.2, -0.15) is 27.1 Å². The van der Waals surface area contributed by atoms with Crippen LogP contribution in [0.3, 0.4) is 0 Å². The average molecular weight is 395 g/mol. The minimum absolute atomic E-state index is 0.0293. The van der Waals surface area contributed by atoms with Crippen molar-refractivity contribution >= 4 is 21.9 Å². The first-order valence-corrected chi connectivity index (χ1v) is 7.90. The highest BCUT2D eigenvalue weighted by Crippen LogP contribution is 2.32. The summed E-state index contributed by atoms with van der Waals surface area (Å²) in [7, 11) is 0. The van der Waals surface area contributed by atoms with E-state index in [0.29, 0.717) is 4.68 Å². The van der Waals surface area contributed by atoms with Crippen molar-refractivity contribution < 1.29 is 22.0 Å². The van der Waals surface area contributed by atoms with Crippen molar-refractivity contribution in [3.05, 3.63) is 58.4 Å². The molecule has 11 heteroatoms. The van der Waals surface area contributed by atoms with Gasteiger partial charge < -0.3 is 0 Å². The Morgan fingerprint density at radius 1 is 1.14 bits per heavy atom. The largest absolute Gasteiger partial charge is 0.433 e. The molecule has 0 aliphatic heterocycles. The molecule has 0 spiro atoms. The molecule has 0 N–H and O–H groups in total. The van der Waals surface area contributed by atoms with E-state index in [4.69, 9.17) is 0 Å². The molecule has 0 radical (unpaired) electrons. The molecular formula is C17H10F5N5O. The molecular weight excluding hydrogens is 385 g/mol. The van der Waals surface area contributed by atoms with Crippen molar-refractivity contribution in [2.24, 2.45) is 0 Å². The number of rotatable bonds is 2. The van der Waals surface area contributed by atoms with Gasteiger partial charge in [-0.1, -0.05) is 0 Å². The van der Waals surface area contributed by atoms with E-state index in [0.717, 1.165) is 16.7 Å². The maximum Gasteiger partial charge on any atom is 0.433 e. The number of aryl methyl sites for hydroxylation is 1. The van der Waals surface area contributed by atoms with Crippen LogP contribution in [0.25, 0.3) is 27.6 Å². The van der Waals surface area contributed by atoms with Crippen molar-refractivity contribution in [2.45, 2.75) is 19.6 Å². The van der Waals surface area contributed by atoms with Gasteiger partial charge >= 0.3 is 12.7 Å². The third-order valence-corrected chi connectivity index (χ3v) is 4.29. The summed E-state index contributed by atoms with van der Waals surface area (Å²) < 4.78 is 67.3. The highest BCUT2D eigenvalue weighted by atomic mass is 19.4. The van der Waals surface area contributed by atoms with Crippen LogP contribution in [0.15, 0.2) is 41.5 Å². The number of hydrogen-bond acceptors (Lipinski definition) is 4. The maximum absolute atomic E-state index is 13.3. The lowest BCUT2D eigenvalue weighted by molar-refractivity contribution is -0.141. The quantitative estimate of drug-likeness (QED) is 0.484. The molecule has 0 aliphatic carbocycles. The summed E-state index contributed by atoms with van der Waals surface area (Å²) in [5.41, 5.74) is -2.62. The Morgan fingerprint density at radius 2 is 1.89 bits per heavy atom. The van der Waals surface area contributed by atoms with Crippen LogP contribution >= 0.6 is 0 Å². The molecule has 4 rings (SSSR count). The molecule has 4 heterocycles. The van der Waals surface area contributed by atoms with Gasteiger partial charge in [-0.3, -0.25) is 14.3 Å². The number of fused-ring (bicyclic) bond motifs is 3. The van der Waals surface area contributed by atoms with E-state index in [1.807, 2.05) is 0 Å². The number of nitrogens with zero attached hydrogens (tertiary/aromatic N) is 5. The van der Waals surface area contributed by atoms with Crippen LogP contribution in [0, 0.1) is 6.92 Å². The second-order valence-corrected chi connectivity index (χ2v) is 5.95. The highest BCUT2D eigenvalue weighted by molar-refractivity contribution is 6.05. The summed E-state index contributed by atoms with van der Waals surface area (Å²) in [5, 5.41) is 3.80. The third-order valence-electron chi connectivity index (χ3n) is 4.29. The summed E-state index contributed by atoms with van der Waals surface area (Å²) >= 11 is 0. The molecule has 28 heavy (non-hydrogen) atoms. The fraction of sp³-hybridized carbons (Fsp3) is 0.176. The van der Waals surface area contributed by atoms with Gasteiger partial charge in [0.25, 0.3) is 5.56 Å². The van der Waals surface area contributed by atoms with E-state index in [1.54, 1.807) is 0 Å². The van der Waals surface area contributed by atoms with Gasteiger partial charge in [-0.25, -0.2) is 9.67 Å². The van der Waals surface area contributed by atoms with Crippen molar-refractivity contribution in [2.75, 3.05) is 0 Å². The van der Waals surface area contributed by atoms with Gasteiger partial charge in [-0.15, -0.1) is 0 Å². The van der Waals surface area contributed by atoms with Crippen LogP contribution < -0.4 is 5.56 Å². The second-order valence-electron chi connectivity index (χ2n) is 5.95. The fourth-order valence-electron chi connectivity index (χ4n) is 3.08. The number of alkyl halides is 5. The van der Waals surface area contributed by atoms with Crippen LogP contribution in [0.1, 0.15) is 17.9 Å². The third kappa shape index (κ3) is 2.62. The first-order valence-electron chi connectivity index (χ1n) is 7.90. The minimum Gasteiger partial charge on any atom is -0.266 e. The van der Waals surface area contributed by atoms with Crippen molar-refractivity contribution in [1.82, 2.24) is 24.3 Å².